The number of hydrogen-bond donors (Lipinski definition) is 1. The van der Waals surface area contributed by atoms with Crippen LogP contribution in [0.5, 0.6) is 0 Å². The van der Waals surface area contributed by atoms with Gasteiger partial charge in [-0.3, -0.25) is 0 Å². The molecule has 1 aromatic rings. The quantitative estimate of drug-likeness (QED) is 0.474. The SMILES string of the molecule is ON=CC1C(c2ccccc2)CCC2CCCCC21. The van der Waals surface area contributed by atoms with Gasteiger partial charge in [-0.2, -0.15) is 0 Å². The van der Waals surface area contributed by atoms with E-state index in [0.717, 1.165) is 11.8 Å². The van der Waals surface area contributed by atoms with Gasteiger partial charge in [-0.1, -0.05) is 49.6 Å². The lowest BCUT2D eigenvalue weighted by Crippen LogP contribution is -2.36. The molecule has 1 aromatic carbocycles. The molecule has 0 aromatic heterocycles. The van der Waals surface area contributed by atoms with Crippen molar-refractivity contribution in [2.75, 3.05) is 0 Å². The molecule has 0 radical (unpaired) electrons. The molecule has 0 aliphatic heterocycles. The zero-order valence-electron chi connectivity index (χ0n) is 11.4. The van der Waals surface area contributed by atoms with Crippen molar-refractivity contribution in [1.82, 2.24) is 0 Å². The van der Waals surface area contributed by atoms with Crippen LogP contribution in [0.25, 0.3) is 0 Å². The van der Waals surface area contributed by atoms with Gasteiger partial charge in [0.15, 0.2) is 0 Å². The Hall–Kier alpha value is -1.31. The first-order valence-corrected chi connectivity index (χ1v) is 7.62. The summed E-state index contributed by atoms with van der Waals surface area (Å²) >= 11 is 0. The highest BCUT2D eigenvalue weighted by Crippen LogP contribution is 2.49. The van der Waals surface area contributed by atoms with E-state index in [1.165, 1.54) is 44.1 Å². The Kier molecular flexibility index (Phi) is 3.86. The summed E-state index contributed by atoms with van der Waals surface area (Å²) in [4.78, 5) is 0. The molecule has 2 aliphatic carbocycles. The van der Waals surface area contributed by atoms with E-state index in [1.54, 1.807) is 0 Å². The van der Waals surface area contributed by atoms with Crippen molar-refractivity contribution in [3.63, 3.8) is 0 Å². The number of oxime groups is 1. The molecule has 2 nitrogen and oxygen atoms in total. The Morgan fingerprint density at radius 3 is 2.58 bits per heavy atom. The predicted octanol–water partition coefficient (Wildman–Crippen LogP) is 4.45. The van der Waals surface area contributed by atoms with Crippen LogP contribution >= 0.6 is 0 Å². The van der Waals surface area contributed by atoms with E-state index >= 15 is 0 Å². The molecule has 2 aliphatic rings. The zero-order chi connectivity index (χ0) is 13.1. The molecule has 1 N–H and O–H groups in total. The normalized spacial score (nSPS) is 35.2. The van der Waals surface area contributed by atoms with Gasteiger partial charge in [0.25, 0.3) is 0 Å². The largest absolute Gasteiger partial charge is 0.411 e. The molecule has 4 unspecified atom stereocenters. The smallest absolute Gasteiger partial charge is 0.0475 e. The molecule has 2 saturated carbocycles. The average Bonchev–Trinajstić information content (AvgIpc) is 2.49. The predicted molar refractivity (Wildman–Crippen MR) is 77.6 cm³/mol. The van der Waals surface area contributed by atoms with Gasteiger partial charge in [-0.25, -0.2) is 0 Å². The second-order valence-electron chi connectivity index (χ2n) is 6.14. The van der Waals surface area contributed by atoms with Gasteiger partial charge in [0.1, 0.15) is 0 Å². The summed E-state index contributed by atoms with van der Waals surface area (Å²) in [6, 6.07) is 10.8. The molecule has 0 heterocycles. The number of benzene rings is 1. The summed E-state index contributed by atoms with van der Waals surface area (Å²) in [6.45, 7) is 0. The molecule has 3 rings (SSSR count). The molecule has 2 heteroatoms. The van der Waals surface area contributed by atoms with Crippen molar-refractivity contribution in [2.24, 2.45) is 22.9 Å². The highest BCUT2D eigenvalue weighted by molar-refractivity contribution is 5.62. The van der Waals surface area contributed by atoms with Crippen molar-refractivity contribution >= 4 is 6.21 Å². The monoisotopic (exact) mass is 257 g/mol. The van der Waals surface area contributed by atoms with E-state index < -0.39 is 0 Å². The van der Waals surface area contributed by atoms with Crippen LogP contribution in [0.1, 0.15) is 50.0 Å². The fourth-order valence-electron chi connectivity index (χ4n) is 4.37. The minimum Gasteiger partial charge on any atom is -0.411 e. The number of nitrogens with zero attached hydrogens (tertiary/aromatic N) is 1. The molecule has 0 saturated heterocycles. The third kappa shape index (κ3) is 2.54. The first kappa shape index (κ1) is 12.7. The van der Waals surface area contributed by atoms with E-state index in [1.807, 2.05) is 6.21 Å². The highest BCUT2D eigenvalue weighted by Gasteiger charge is 2.40. The molecule has 4 atom stereocenters. The van der Waals surface area contributed by atoms with Crippen LogP contribution < -0.4 is 0 Å². The van der Waals surface area contributed by atoms with Crippen LogP contribution in [0, 0.1) is 17.8 Å². The molecule has 2 fully saturated rings. The molecule has 0 bridgehead atoms. The maximum Gasteiger partial charge on any atom is 0.0475 e. The topological polar surface area (TPSA) is 32.6 Å². The van der Waals surface area contributed by atoms with E-state index in [9.17, 15) is 0 Å². The van der Waals surface area contributed by atoms with Gasteiger partial charge in [0.05, 0.1) is 0 Å². The van der Waals surface area contributed by atoms with Crippen molar-refractivity contribution in [2.45, 2.75) is 44.4 Å². The van der Waals surface area contributed by atoms with Crippen molar-refractivity contribution in [1.29, 1.82) is 0 Å². The Bertz CT molecular complexity index is 428. The molecule has 0 spiro atoms. The Labute approximate surface area is 115 Å². The van der Waals surface area contributed by atoms with Gasteiger partial charge >= 0.3 is 0 Å². The van der Waals surface area contributed by atoms with Crippen molar-refractivity contribution in [3.05, 3.63) is 35.9 Å². The van der Waals surface area contributed by atoms with Crippen LogP contribution in [0.15, 0.2) is 35.5 Å². The summed E-state index contributed by atoms with van der Waals surface area (Å²) in [7, 11) is 0. The fourth-order valence-corrected chi connectivity index (χ4v) is 4.37. The maximum atomic E-state index is 9.04. The summed E-state index contributed by atoms with van der Waals surface area (Å²) in [5.74, 6) is 2.54. The second-order valence-corrected chi connectivity index (χ2v) is 6.14. The van der Waals surface area contributed by atoms with E-state index in [2.05, 4.69) is 35.5 Å². The van der Waals surface area contributed by atoms with Crippen LogP contribution in [-0.4, -0.2) is 11.4 Å². The second kappa shape index (κ2) is 5.77. The molecular weight excluding hydrogens is 234 g/mol. The van der Waals surface area contributed by atoms with Crippen LogP contribution in [0.4, 0.5) is 0 Å². The Morgan fingerprint density at radius 2 is 1.79 bits per heavy atom. The molecule has 102 valence electrons. The Balaban J connectivity index is 1.87. The van der Waals surface area contributed by atoms with Crippen molar-refractivity contribution < 1.29 is 5.21 Å². The lowest BCUT2D eigenvalue weighted by molar-refractivity contribution is 0.122. The third-order valence-corrected chi connectivity index (χ3v) is 5.24. The summed E-state index contributed by atoms with van der Waals surface area (Å²) in [6.07, 6.45) is 9.83. The zero-order valence-corrected chi connectivity index (χ0v) is 11.4. The first-order valence-electron chi connectivity index (χ1n) is 7.62. The van der Waals surface area contributed by atoms with E-state index in [-0.39, 0.29) is 0 Å². The molecule has 19 heavy (non-hydrogen) atoms. The number of hydrogen-bond acceptors (Lipinski definition) is 2. The van der Waals surface area contributed by atoms with Gasteiger partial charge in [0.2, 0.25) is 0 Å². The maximum absolute atomic E-state index is 9.04. The average molecular weight is 257 g/mol. The van der Waals surface area contributed by atoms with Gasteiger partial charge in [0, 0.05) is 12.1 Å². The first-order chi connectivity index (χ1) is 9.40. The fraction of sp³-hybridized carbons (Fsp3) is 0.588. The van der Waals surface area contributed by atoms with Crippen LogP contribution in [0.2, 0.25) is 0 Å². The lowest BCUT2D eigenvalue weighted by atomic mass is 9.60. The summed E-state index contributed by atoms with van der Waals surface area (Å²) in [5.41, 5.74) is 1.41. The third-order valence-electron chi connectivity index (χ3n) is 5.24. The minimum absolute atomic E-state index is 0.423. The van der Waals surface area contributed by atoms with E-state index in [4.69, 9.17) is 5.21 Å². The van der Waals surface area contributed by atoms with Crippen LogP contribution in [0.3, 0.4) is 0 Å². The standard InChI is InChI=1S/C17H23NO/c19-18-12-17-15-9-5-4-8-14(15)10-11-16(17)13-6-2-1-3-7-13/h1-3,6-7,12,14-17,19H,4-5,8-11H2. The summed E-state index contributed by atoms with van der Waals surface area (Å²) < 4.78 is 0. The number of rotatable bonds is 2. The molecular formula is C17H23NO. The highest BCUT2D eigenvalue weighted by atomic mass is 16.4. The molecule has 0 amide bonds. The van der Waals surface area contributed by atoms with Gasteiger partial charge in [-0.15, -0.1) is 5.16 Å². The van der Waals surface area contributed by atoms with Crippen LogP contribution in [-0.2, 0) is 0 Å². The number of fused-ring (bicyclic) bond motifs is 1. The van der Waals surface area contributed by atoms with Crippen molar-refractivity contribution in [3.8, 4) is 0 Å². The lowest BCUT2D eigenvalue weighted by Gasteiger charge is -2.44. The Morgan fingerprint density at radius 1 is 1.00 bits per heavy atom. The van der Waals surface area contributed by atoms with Gasteiger partial charge < -0.3 is 5.21 Å². The van der Waals surface area contributed by atoms with Gasteiger partial charge in [-0.05, 0) is 42.6 Å². The minimum atomic E-state index is 0.423. The summed E-state index contributed by atoms with van der Waals surface area (Å²) in [5, 5.41) is 12.4. The van der Waals surface area contributed by atoms with E-state index in [0.29, 0.717) is 11.8 Å².